The molecule has 1 unspecified atom stereocenters. The fourth-order valence-corrected chi connectivity index (χ4v) is 5.72. The molecule has 110 valence electrons. The lowest BCUT2D eigenvalue weighted by Gasteiger charge is -2.24. The van der Waals surface area contributed by atoms with Crippen LogP contribution in [-0.4, -0.2) is 50.7 Å². The van der Waals surface area contributed by atoms with Gasteiger partial charge in [0.25, 0.3) is 0 Å². The van der Waals surface area contributed by atoms with Crippen LogP contribution in [0.1, 0.15) is 25.7 Å². The van der Waals surface area contributed by atoms with Crippen LogP contribution in [-0.2, 0) is 24.7 Å². The molecule has 1 atom stereocenters. The minimum atomic E-state index is -3.78. The van der Waals surface area contributed by atoms with E-state index in [1.165, 1.54) is 0 Å². The molecule has 0 aromatic heterocycles. The van der Waals surface area contributed by atoms with Gasteiger partial charge in [0, 0.05) is 0 Å². The van der Waals surface area contributed by atoms with Crippen molar-refractivity contribution < 1.29 is 26.7 Å². The van der Waals surface area contributed by atoms with Crippen LogP contribution in [0.3, 0.4) is 0 Å². The van der Waals surface area contributed by atoms with Gasteiger partial charge in [-0.05, 0) is 31.6 Å². The monoisotopic (exact) mass is 311 g/mol. The molecule has 0 amide bonds. The minimum absolute atomic E-state index is 0.0364. The fraction of sp³-hybridized carbons (Fsp3) is 0.900. The highest BCUT2D eigenvalue weighted by molar-refractivity contribution is 7.92. The fourth-order valence-electron chi connectivity index (χ4n) is 2.23. The van der Waals surface area contributed by atoms with Crippen molar-refractivity contribution in [3.8, 4) is 0 Å². The van der Waals surface area contributed by atoms with Crippen LogP contribution in [0.25, 0.3) is 0 Å². The Morgan fingerprint density at radius 1 is 1.16 bits per heavy atom. The Labute approximate surface area is 112 Å². The van der Waals surface area contributed by atoms with Gasteiger partial charge in [0.05, 0.1) is 16.8 Å². The zero-order valence-electron chi connectivity index (χ0n) is 10.3. The van der Waals surface area contributed by atoms with Gasteiger partial charge in [0.2, 0.25) is 10.0 Å². The van der Waals surface area contributed by atoms with Crippen LogP contribution in [0.2, 0.25) is 0 Å². The van der Waals surface area contributed by atoms with Crippen LogP contribution in [0.5, 0.6) is 0 Å². The normalized spacial score (nSPS) is 25.9. The maximum absolute atomic E-state index is 12.1. The molecule has 1 saturated carbocycles. The number of hydrogen-bond donors (Lipinski definition) is 2. The summed E-state index contributed by atoms with van der Waals surface area (Å²) in [5, 5.41) is 8.20. The number of rotatable bonds is 5. The third kappa shape index (κ3) is 3.67. The molecular formula is C10H17NO6S2. The van der Waals surface area contributed by atoms with E-state index in [1.807, 2.05) is 0 Å². The minimum Gasteiger partial charge on any atom is -0.480 e. The van der Waals surface area contributed by atoms with Crippen molar-refractivity contribution in [1.82, 2.24) is 4.72 Å². The van der Waals surface area contributed by atoms with E-state index in [9.17, 15) is 21.6 Å². The second-order valence-corrected chi connectivity index (χ2v) is 9.46. The van der Waals surface area contributed by atoms with Crippen molar-refractivity contribution in [1.29, 1.82) is 0 Å². The average Bonchev–Trinajstić information content (AvgIpc) is 3.08. The van der Waals surface area contributed by atoms with Crippen molar-refractivity contribution in [2.45, 2.75) is 37.0 Å². The molecule has 19 heavy (non-hydrogen) atoms. The number of carboxylic acid groups (broad SMARTS) is 1. The van der Waals surface area contributed by atoms with E-state index in [1.54, 1.807) is 0 Å². The zero-order chi connectivity index (χ0) is 14.3. The standard InChI is InChI=1S/C10H17NO6S2/c12-10(13)9(7-1-2-7)11-19(16,17)8-3-5-18(14,15)6-4-8/h7-9,11H,1-6H2,(H,12,13). The lowest BCUT2D eigenvalue weighted by molar-refractivity contribution is -0.139. The van der Waals surface area contributed by atoms with Gasteiger partial charge in [-0.15, -0.1) is 0 Å². The molecule has 2 fully saturated rings. The predicted octanol–water partition coefficient (Wildman–Crippen LogP) is -0.654. The van der Waals surface area contributed by atoms with E-state index in [2.05, 4.69) is 4.72 Å². The number of carbonyl (C=O) groups is 1. The van der Waals surface area contributed by atoms with Crippen molar-refractivity contribution in [2.75, 3.05) is 11.5 Å². The number of carboxylic acids is 1. The maximum Gasteiger partial charge on any atom is 0.322 e. The second-order valence-electron chi connectivity index (χ2n) is 5.17. The Bertz CT molecular complexity index is 549. The van der Waals surface area contributed by atoms with Crippen LogP contribution in [0.15, 0.2) is 0 Å². The van der Waals surface area contributed by atoms with Gasteiger partial charge in [-0.1, -0.05) is 0 Å². The Kier molecular flexibility index (Phi) is 3.90. The molecule has 0 aromatic rings. The molecule has 7 nitrogen and oxygen atoms in total. The molecule has 1 saturated heterocycles. The molecule has 0 radical (unpaired) electrons. The topological polar surface area (TPSA) is 118 Å². The number of sulfonamides is 1. The molecular weight excluding hydrogens is 294 g/mol. The first kappa shape index (κ1) is 14.7. The summed E-state index contributed by atoms with van der Waals surface area (Å²) in [6.45, 7) is 0. The summed E-state index contributed by atoms with van der Waals surface area (Å²) in [6, 6.07) is -1.08. The summed E-state index contributed by atoms with van der Waals surface area (Å²) >= 11 is 0. The van der Waals surface area contributed by atoms with Gasteiger partial charge in [0.15, 0.2) is 0 Å². The van der Waals surface area contributed by atoms with Crippen LogP contribution < -0.4 is 4.72 Å². The highest BCUT2D eigenvalue weighted by Gasteiger charge is 2.41. The zero-order valence-corrected chi connectivity index (χ0v) is 11.9. The quantitative estimate of drug-likeness (QED) is 0.696. The molecule has 2 aliphatic rings. The number of nitrogens with one attached hydrogen (secondary N) is 1. The molecule has 1 aliphatic heterocycles. The Morgan fingerprint density at radius 2 is 1.68 bits per heavy atom. The summed E-state index contributed by atoms with van der Waals surface area (Å²) in [5.41, 5.74) is 0. The number of hydrogen-bond acceptors (Lipinski definition) is 5. The summed E-state index contributed by atoms with van der Waals surface area (Å²) in [7, 11) is -6.91. The molecule has 0 aromatic carbocycles. The lowest BCUT2D eigenvalue weighted by atomic mass is 10.2. The van der Waals surface area contributed by atoms with E-state index in [0.29, 0.717) is 12.8 Å². The predicted molar refractivity (Wildman–Crippen MR) is 67.9 cm³/mol. The maximum atomic E-state index is 12.1. The molecule has 2 rings (SSSR count). The molecule has 9 heteroatoms. The first-order valence-corrected chi connectivity index (χ1v) is 9.52. The van der Waals surface area contributed by atoms with E-state index < -0.39 is 37.1 Å². The number of aliphatic carboxylic acids is 1. The van der Waals surface area contributed by atoms with Crippen molar-refractivity contribution in [3.63, 3.8) is 0 Å². The van der Waals surface area contributed by atoms with Crippen LogP contribution in [0.4, 0.5) is 0 Å². The third-order valence-corrected chi connectivity index (χ3v) is 7.24. The van der Waals surface area contributed by atoms with E-state index in [-0.39, 0.29) is 30.3 Å². The summed E-state index contributed by atoms with van der Waals surface area (Å²) in [5.74, 6) is -1.62. The Hall–Kier alpha value is -0.670. The number of sulfone groups is 1. The van der Waals surface area contributed by atoms with E-state index >= 15 is 0 Å². The highest BCUT2D eigenvalue weighted by Crippen LogP contribution is 2.33. The van der Waals surface area contributed by atoms with Crippen LogP contribution >= 0.6 is 0 Å². The average molecular weight is 311 g/mol. The SMILES string of the molecule is O=C(O)C(NS(=O)(=O)C1CCS(=O)(=O)CC1)C1CC1. The summed E-state index contributed by atoms with van der Waals surface area (Å²) < 4.78 is 48.9. The molecule has 1 aliphatic carbocycles. The van der Waals surface area contributed by atoms with Gasteiger partial charge in [0.1, 0.15) is 15.9 Å². The van der Waals surface area contributed by atoms with E-state index in [4.69, 9.17) is 5.11 Å². The second kappa shape index (κ2) is 5.02. The van der Waals surface area contributed by atoms with Crippen molar-refractivity contribution in [3.05, 3.63) is 0 Å². The lowest BCUT2D eigenvalue weighted by Crippen LogP contribution is -2.48. The van der Waals surface area contributed by atoms with Gasteiger partial charge < -0.3 is 5.11 Å². The Balaban J connectivity index is 2.04. The first-order chi connectivity index (χ1) is 8.71. The summed E-state index contributed by atoms with van der Waals surface area (Å²) in [6.07, 6.45) is 1.49. The van der Waals surface area contributed by atoms with Crippen molar-refractivity contribution >= 4 is 25.8 Å². The first-order valence-electron chi connectivity index (χ1n) is 6.16. The van der Waals surface area contributed by atoms with Gasteiger partial charge in [-0.3, -0.25) is 4.79 Å². The molecule has 0 spiro atoms. The van der Waals surface area contributed by atoms with Gasteiger partial charge >= 0.3 is 5.97 Å². The summed E-state index contributed by atoms with van der Waals surface area (Å²) in [4.78, 5) is 11.0. The van der Waals surface area contributed by atoms with Gasteiger partial charge in [-0.25, -0.2) is 21.6 Å². The largest absolute Gasteiger partial charge is 0.480 e. The molecule has 0 bridgehead atoms. The molecule has 2 N–H and O–H groups in total. The molecule has 1 heterocycles. The van der Waals surface area contributed by atoms with E-state index in [0.717, 1.165) is 0 Å². The Morgan fingerprint density at radius 3 is 2.11 bits per heavy atom. The smallest absolute Gasteiger partial charge is 0.322 e. The van der Waals surface area contributed by atoms with Gasteiger partial charge in [-0.2, -0.15) is 0 Å². The highest BCUT2D eigenvalue weighted by atomic mass is 32.2. The van der Waals surface area contributed by atoms with Crippen LogP contribution in [0, 0.1) is 5.92 Å². The third-order valence-electron chi connectivity index (χ3n) is 3.59. The van der Waals surface area contributed by atoms with Crippen molar-refractivity contribution in [2.24, 2.45) is 5.92 Å².